The molecule has 1 fully saturated rings. The van der Waals surface area contributed by atoms with Gasteiger partial charge >= 0.3 is 0 Å². The summed E-state index contributed by atoms with van der Waals surface area (Å²) in [5.74, 6) is 0. The monoisotopic (exact) mass is 202 g/mol. The smallest absolute Gasteiger partial charge is 0.0826 e. The van der Waals surface area contributed by atoms with Crippen LogP contribution < -0.4 is 5.32 Å². The van der Waals surface area contributed by atoms with E-state index >= 15 is 0 Å². The van der Waals surface area contributed by atoms with Crippen molar-refractivity contribution >= 4 is 0 Å². The van der Waals surface area contributed by atoms with Crippen molar-refractivity contribution in [2.24, 2.45) is 0 Å². The van der Waals surface area contributed by atoms with E-state index in [9.17, 15) is 5.11 Å². The summed E-state index contributed by atoms with van der Waals surface area (Å²) in [5.41, 5.74) is 0. The molecule has 0 aromatic heterocycles. The van der Waals surface area contributed by atoms with Gasteiger partial charge in [0.05, 0.1) is 18.8 Å². The molecule has 1 aliphatic rings. The van der Waals surface area contributed by atoms with Gasteiger partial charge in [0.2, 0.25) is 0 Å². The summed E-state index contributed by atoms with van der Waals surface area (Å²) in [7, 11) is 2.11. The molecular formula is C10H22N2O2. The molecule has 0 saturated carbocycles. The first kappa shape index (κ1) is 11.9. The fourth-order valence-electron chi connectivity index (χ4n) is 1.55. The summed E-state index contributed by atoms with van der Waals surface area (Å²) in [6.07, 6.45) is 0.854. The molecule has 1 rings (SSSR count). The summed E-state index contributed by atoms with van der Waals surface area (Å²) in [6.45, 7) is 6.31. The number of aliphatic hydroxyl groups excluding tert-OH is 1. The van der Waals surface area contributed by atoms with Gasteiger partial charge in [0.1, 0.15) is 0 Å². The minimum atomic E-state index is -0.226. The summed E-state index contributed by atoms with van der Waals surface area (Å²) in [4.78, 5) is 2.27. The standard InChI is InChI=1S/C10H22N2O2/c1-3-9(13)6-11-7-10-8-12(2)4-5-14-10/h9-11,13H,3-8H2,1-2H3/t9-,10+/m0/s1. The Kier molecular flexibility index (Phi) is 5.40. The van der Waals surface area contributed by atoms with Gasteiger partial charge in [0.25, 0.3) is 0 Å². The first-order chi connectivity index (χ1) is 6.72. The minimum Gasteiger partial charge on any atom is -0.392 e. The number of nitrogens with one attached hydrogen (secondary N) is 1. The van der Waals surface area contributed by atoms with Crippen LogP contribution in [0.2, 0.25) is 0 Å². The zero-order chi connectivity index (χ0) is 10.4. The lowest BCUT2D eigenvalue weighted by Crippen LogP contribution is -2.45. The third kappa shape index (κ3) is 4.37. The normalized spacial score (nSPS) is 26.4. The molecule has 0 aliphatic carbocycles. The molecule has 0 aromatic carbocycles. The molecule has 1 heterocycles. The number of aliphatic hydroxyl groups is 1. The lowest BCUT2D eigenvalue weighted by atomic mass is 10.2. The zero-order valence-corrected chi connectivity index (χ0v) is 9.20. The Hall–Kier alpha value is -0.160. The van der Waals surface area contributed by atoms with Gasteiger partial charge < -0.3 is 20.1 Å². The third-order valence-corrected chi connectivity index (χ3v) is 2.57. The fourth-order valence-corrected chi connectivity index (χ4v) is 1.55. The maximum absolute atomic E-state index is 9.33. The maximum Gasteiger partial charge on any atom is 0.0826 e. The highest BCUT2D eigenvalue weighted by atomic mass is 16.5. The molecular weight excluding hydrogens is 180 g/mol. The fraction of sp³-hybridized carbons (Fsp3) is 1.00. The highest BCUT2D eigenvalue weighted by Crippen LogP contribution is 2.01. The molecule has 0 bridgehead atoms. The van der Waals surface area contributed by atoms with Crippen LogP contribution in [0.25, 0.3) is 0 Å². The summed E-state index contributed by atoms with van der Waals surface area (Å²) in [6, 6.07) is 0. The van der Waals surface area contributed by atoms with E-state index in [-0.39, 0.29) is 12.2 Å². The van der Waals surface area contributed by atoms with Gasteiger partial charge in [-0.25, -0.2) is 0 Å². The largest absolute Gasteiger partial charge is 0.392 e. The van der Waals surface area contributed by atoms with Crippen molar-refractivity contribution < 1.29 is 9.84 Å². The second kappa shape index (κ2) is 6.35. The Morgan fingerprint density at radius 1 is 1.64 bits per heavy atom. The zero-order valence-electron chi connectivity index (χ0n) is 9.20. The number of likely N-dealkylation sites (N-methyl/N-ethyl adjacent to an activating group) is 1. The van der Waals surface area contributed by atoms with Gasteiger partial charge in [-0.15, -0.1) is 0 Å². The number of morpholine rings is 1. The Bertz CT molecular complexity index is 155. The third-order valence-electron chi connectivity index (χ3n) is 2.57. The van der Waals surface area contributed by atoms with E-state index < -0.39 is 0 Å². The second-order valence-electron chi connectivity index (χ2n) is 3.98. The Labute approximate surface area is 86.2 Å². The molecule has 4 nitrogen and oxygen atoms in total. The van der Waals surface area contributed by atoms with Crippen molar-refractivity contribution in [3.63, 3.8) is 0 Å². The SMILES string of the molecule is CC[C@H](O)CNC[C@@H]1CN(C)CCO1. The number of nitrogens with zero attached hydrogens (tertiary/aromatic N) is 1. The van der Waals surface area contributed by atoms with E-state index in [2.05, 4.69) is 17.3 Å². The predicted octanol–water partition coefficient (Wildman–Crippen LogP) is -0.322. The number of hydrogen-bond donors (Lipinski definition) is 2. The summed E-state index contributed by atoms with van der Waals surface area (Å²) < 4.78 is 5.58. The van der Waals surface area contributed by atoms with Crippen LogP contribution in [0.15, 0.2) is 0 Å². The van der Waals surface area contributed by atoms with Crippen molar-refractivity contribution in [1.82, 2.24) is 10.2 Å². The summed E-state index contributed by atoms with van der Waals surface area (Å²) >= 11 is 0. The van der Waals surface area contributed by atoms with E-state index in [1.54, 1.807) is 0 Å². The highest BCUT2D eigenvalue weighted by molar-refractivity contribution is 4.71. The molecule has 0 radical (unpaired) electrons. The quantitative estimate of drug-likeness (QED) is 0.641. The molecule has 0 spiro atoms. The number of ether oxygens (including phenoxy) is 1. The van der Waals surface area contributed by atoms with E-state index in [4.69, 9.17) is 4.74 Å². The summed E-state index contributed by atoms with van der Waals surface area (Å²) in [5, 5.41) is 12.6. The lowest BCUT2D eigenvalue weighted by Gasteiger charge is -2.30. The van der Waals surface area contributed by atoms with Crippen LogP contribution >= 0.6 is 0 Å². The highest BCUT2D eigenvalue weighted by Gasteiger charge is 2.17. The molecule has 0 unspecified atom stereocenters. The van der Waals surface area contributed by atoms with Crippen LogP contribution in [-0.2, 0) is 4.74 Å². The molecule has 2 atom stereocenters. The van der Waals surface area contributed by atoms with Crippen LogP contribution in [0.1, 0.15) is 13.3 Å². The topological polar surface area (TPSA) is 44.7 Å². The molecule has 2 N–H and O–H groups in total. The number of rotatable bonds is 5. The van der Waals surface area contributed by atoms with Crippen molar-refractivity contribution in [2.45, 2.75) is 25.6 Å². The second-order valence-corrected chi connectivity index (χ2v) is 3.98. The molecule has 4 heteroatoms. The van der Waals surface area contributed by atoms with Crippen molar-refractivity contribution in [1.29, 1.82) is 0 Å². The van der Waals surface area contributed by atoms with Crippen molar-refractivity contribution in [2.75, 3.05) is 39.8 Å². The van der Waals surface area contributed by atoms with E-state index in [1.807, 2.05) is 6.92 Å². The van der Waals surface area contributed by atoms with E-state index in [1.165, 1.54) is 0 Å². The minimum absolute atomic E-state index is 0.226. The van der Waals surface area contributed by atoms with Gasteiger partial charge in [-0.05, 0) is 13.5 Å². The van der Waals surface area contributed by atoms with Crippen LogP contribution in [0.4, 0.5) is 0 Å². The molecule has 1 aliphatic heterocycles. The van der Waals surface area contributed by atoms with Crippen LogP contribution in [0.5, 0.6) is 0 Å². The van der Waals surface area contributed by atoms with Crippen molar-refractivity contribution in [3.05, 3.63) is 0 Å². The van der Waals surface area contributed by atoms with Gasteiger partial charge in [-0.3, -0.25) is 0 Å². The molecule has 84 valence electrons. The average Bonchev–Trinajstić information content (AvgIpc) is 2.17. The van der Waals surface area contributed by atoms with Gasteiger partial charge in [-0.2, -0.15) is 0 Å². The van der Waals surface area contributed by atoms with Gasteiger partial charge in [0.15, 0.2) is 0 Å². The maximum atomic E-state index is 9.33. The average molecular weight is 202 g/mol. The lowest BCUT2D eigenvalue weighted by molar-refractivity contribution is -0.0191. The van der Waals surface area contributed by atoms with Crippen LogP contribution in [0.3, 0.4) is 0 Å². The number of hydrogen-bond acceptors (Lipinski definition) is 4. The van der Waals surface area contributed by atoms with Gasteiger partial charge in [0, 0.05) is 26.2 Å². The molecule has 0 aromatic rings. The van der Waals surface area contributed by atoms with Crippen LogP contribution in [-0.4, -0.2) is 62.0 Å². The van der Waals surface area contributed by atoms with Crippen LogP contribution in [0, 0.1) is 0 Å². The Morgan fingerprint density at radius 2 is 2.43 bits per heavy atom. The Balaban J connectivity index is 2.05. The van der Waals surface area contributed by atoms with Gasteiger partial charge in [-0.1, -0.05) is 6.92 Å². The predicted molar refractivity (Wildman–Crippen MR) is 56.4 cm³/mol. The first-order valence-corrected chi connectivity index (χ1v) is 5.41. The Morgan fingerprint density at radius 3 is 3.07 bits per heavy atom. The molecule has 14 heavy (non-hydrogen) atoms. The molecule has 1 saturated heterocycles. The van der Waals surface area contributed by atoms with E-state index in [0.29, 0.717) is 6.54 Å². The van der Waals surface area contributed by atoms with E-state index in [0.717, 1.165) is 32.7 Å². The first-order valence-electron chi connectivity index (χ1n) is 5.41. The van der Waals surface area contributed by atoms with Crippen molar-refractivity contribution in [3.8, 4) is 0 Å². The molecule has 0 amide bonds.